The molecule has 0 aromatic heterocycles. The monoisotopic (exact) mass is 299 g/mol. The fourth-order valence-corrected chi connectivity index (χ4v) is 2.99. The van der Waals surface area contributed by atoms with E-state index < -0.39 is 10.0 Å². The van der Waals surface area contributed by atoms with E-state index in [2.05, 4.69) is 17.0 Å². The molecule has 20 heavy (non-hydrogen) atoms. The van der Waals surface area contributed by atoms with Crippen LogP contribution in [0.5, 0.6) is 0 Å². The third kappa shape index (κ3) is 5.48. The molecule has 0 aliphatic carbocycles. The van der Waals surface area contributed by atoms with Gasteiger partial charge in [-0.25, -0.2) is 13.1 Å². The van der Waals surface area contributed by atoms with Crippen molar-refractivity contribution in [1.82, 2.24) is 4.72 Å². The van der Waals surface area contributed by atoms with Crippen LogP contribution in [0.25, 0.3) is 0 Å². The van der Waals surface area contributed by atoms with Gasteiger partial charge in [-0.3, -0.25) is 0 Å². The minimum Gasteiger partial charge on any atom is -0.385 e. The largest absolute Gasteiger partial charge is 0.385 e. The summed E-state index contributed by atoms with van der Waals surface area (Å²) in [6.45, 7) is 6.44. The molecule has 0 bridgehead atoms. The van der Waals surface area contributed by atoms with Gasteiger partial charge in [-0.1, -0.05) is 6.92 Å². The summed E-state index contributed by atoms with van der Waals surface area (Å²) < 4.78 is 26.5. The summed E-state index contributed by atoms with van der Waals surface area (Å²) in [7, 11) is -3.41. The molecule has 114 valence electrons. The zero-order valence-corrected chi connectivity index (χ0v) is 13.2. The predicted octanol–water partition coefficient (Wildman–Crippen LogP) is 1.91. The normalized spacial score (nSPS) is 13.4. The summed E-state index contributed by atoms with van der Waals surface area (Å²) in [6.07, 6.45) is 1.85. The van der Waals surface area contributed by atoms with E-state index in [1.165, 1.54) is 0 Å². The Morgan fingerprint density at radius 1 is 1.20 bits per heavy atom. The first-order chi connectivity index (χ1) is 9.35. The maximum absolute atomic E-state index is 11.9. The van der Waals surface area contributed by atoms with Crippen molar-refractivity contribution in [2.24, 2.45) is 5.73 Å². The van der Waals surface area contributed by atoms with E-state index in [4.69, 9.17) is 5.73 Å². The van der Waals surface area contributed by atoms with Crippen molar-refractivity contribution < 1.29 is 8.42 Å². The van der Waals surface area contributed by atoms with Gasteiger partial charge in [0.05, 0.1) is 4.90 Å². The molecule has 1 aromatic rings. The molecular formula is C14H25N3O2S. The number of hydrogen-bond donors (Lipinski definition) is 3. The molecule has 0 amide bonds. The molecule has 0 saturated heterocycles. The number of hydrogen-bond acceptors (Lipinski definition) is 4. The van der Waals surface area contributed by atoms with Crippen LogP contribution in [-0.2, 0) is 10.0 Å². The van der Waals surface area contributed by atoms with E-state index in [1.807, 2.05) is 0 Å². The summed E-state index contributed by atoms with van der Waals surface area (Å²) in [5.74, 6) is 0. The fourth-order valence-electron chi connectivity index (χ4n) is 1.74. The molecule has 0 spiro atoms. The van der Waals surface area contributed by atoms with Crippen LogP contribution in [0.4, 0.5) is 5.69 Å². The molecule has 5 nitrogen and oxygen atoms in total. The summed E-state index contributed by atoms with van der Waals surface area (Å²) in [4.78, 5) is 0.280. The molecule has 1 atom stereocenters. The molecule has 0 heterocycles. The lowest BCUT2D eigenvalue weighted by molar-refractivity contribution is 0.570. The van der Waals surface area contributed by atoms with Gasteiger partial charge < -0.3 is 11.1 Å². The van der Waals surface area contributed by atoms with Gasteiger partial charge in [0.15, 0.2) is 0 Å². The van der Waals surface area contributed by atoms with Crippen molar-refractivity contribution in [2.45, 2.75) is 50.6 Å². The maximum atomic E-state index is 11.9. The number of nitrogens with one attached hydrogen (secondary N) is 2. The number of nitrogens with two attached hydrogens (primary N) is 1. The van der Waals surface area contributed by atoms with Crippen LogP contribution in [-0.4, -0.2) is 27.0 Å². The molecular weight excluding hydrogens is 274 g/mol. The van der Waals surface area contributed by atoms with Crippen molar-refractivity contribution >= 4 is 15.7 Å². The Balaban J connectivity index is 2.60. The fraction of sp³-hybridized carbons (Fsp3) is 0.571. The van der Waals surface area contributed by atoms with Crippen molar-refractivity contribution in [2.75, 3.05) is 11.9 Å². The second-order valence-electron chi connectivity index (χ2n) is 5.18. The topological polar surface area (TPSA) is 84.2 Å². The molecule has 0 aliphatic rings. The Bertz CT molecular complexity index is 498. The van der Waals surface area contributed by atoms with E-state index in [0.717, 1.165) is 25.1 Å². The molecule has 4 N–H and O–H groups in total. The lowest BCUT2D eigenvalue weighted by atomic mass is 10.2. The van der Waals surface area contributed by atoms with Crippen LogP contribution in [0.2, 0.25) is 0 Å². The van der Waals surface area contributed by atoms with Crippen molar-refractivity contribution in [3.8, 4) is 0 Å². The highest BCUT2D eigenvalue weighted by molar-refractivity contribution is 7.89. The van der Waals surface area contributed by atoms with Crippen molar-refractivity contribution in [3.63, 3.8) is 0 Å². The van der Waals surface area contributed by atoms with E-state index in [9.17, 15) is 8.42 Å². The Morgan fingerprint density at radius 3 is 2.30 bits per heavy atom. The number of benzene rings is 1. The number of sulfonamides is 1. The Kier molecular flexibility index (Phi) is 6.45. The molecule has 0 fully saturated rings. The van der Waals surface area contributed by atoms with Gasteiger partial charge in [0, 0.05) is 24.3 Å². The van der Waals surface area contributed by atoms with Crippen LogP contribution in [0.1, 0.15) is 33.6 Å². The van der Waals surface area contributed by atoms with E-state index in [-0.39, 0.29) is 17.0 Å². The van der Waals surface area contributed by atoms with E-state index >= 15 is 0 Å². The zero-order chi connectivity index (χ0) is 15.2. The molecule has 6 heteroatoms. The minimum atomic E-state index is -3.41. The van der Waals surface area contributed by atoms with Crippen molar-refractivity contribution in [1.29, 1.82) is 0 Å². The Labute approximate surface area is 122 Å². The van der Waals surface area contributed by atoms with Gasteiger partial charge in [0.1, 0.15) is 0 Å². The van der Waals surface area contributed by atoms with Crippen LogP contribution < -0.4 is 15.8 Å². The number of rotatable bonds is 8. The maximum Gasteiger partial charge on any atom is 0.240 e. The first kappa shape index (κ1) is 16.9. The SMILES string of the molecule is CCC(N)CCNc1ccc(S(=O)(=O)NC(C)C)cc1. The van der Waals surface area contributed by atoms with Crippen LogP contribution in [0, 0.1) is 0 Å². The van der Waals surface area contributed by atoms with Gasteiger partial charge in [-0.2, -0.15) is 0 Å². The van der Waals surface area contributed by atoms with Gasteiger partial charge in [0.25, 0.3) is 0 Å². The first-order valence-corrected chi connectivity index (χ1v) is 8.45. The summed E-state index contributed by atoms with van der Waals surface area (Å²) >= 11 is 0. The summed E-state index contributed by atoms with van der Waals surface area (Å²) in [5.41, 5.74) is 6.74. The zero-order valence-electron chi connectivity index (χ0n) is 12.4. The lowest BCUT2D eigenvalue weighted by Gasteiger charge is -2.12. The van der Waals surface area contributed by atoms with Gasteiger partial charge in [-0.15, -0.1) is 0 Å². The highest BCUT2D eigenvalue weighted by Gasteiger charge is 2.14. The van der Waals surface area contributed by atoms with Crippen LogP contribution >= 0.6 is 0 Å². The molecule has 0 saturated carbocycles. The average Bonchev–Trinajstić information content (AvgIpc) is 2.37. The van der Waals surface area contributed by atoms with Gasteiger partial charge in [-0.05, 0) is 51.0 Å². The minimum absolute atomic E-state index is 0.117. The standard InChI is InChI=1S/C14H25N3O2S/c1-4-12(15)9-10-16-13-5-7-14(8-6-13)20(18,19)17-11(2)3/h5-8,11-12,16-17H,4,9-10,15H2,1-3H3. The third-order valence-corrected chi connectivity index (χ3v) is 4.60. The van der Waals surface area contributed by atoms with E-state index in [1.54, 1.807) is 38.1 Å². The molecule has 1 rings (SSSR count). The smallest absolute Gasteiger partial charge is 0.240 e. The molecule has 0 radical (unpaired) electrons. The lowest BCUT2D eigenvalue weighted by Crippen LogP contribution is -2.30. The molecule has 0 aliphatic heterocycles. The average molecular weight is 299 g/mol. The predicted molar refractivity (Wildman–Crippen MR) is 83.3 cm³/mol. The highest BCUT2D eigenvalue weighted by atomic mass is 32.2. The molecule has 1 aromatic carbocycles. The summed E-state index contributed by atoms with van der Waals surface area (Å²) in [6, 6.07) is 6.84. The van der Waals surface area contributed by atoms with Gasteiger partial charge in [0.2, 0.25) is 10.0 Å². The molecule has 1 unspecified atom stereocenters. The van der Waals surface area contributed by atoms with E-state index in [0.29, 0.717) is 0 Å². The summed E-state index contributed by atoms with van der Waals surface area (Å²) in [5, 5.41) is 3.23. The first-order valence-electron chi connectivity index (χ1n) is 6.97. The third-order valence-electron chi connectivity index (χ3n) is 2.92. The Morgan fingerprint density at radius 2 is 1.80 bits per heavy atom. The second kappa shape index (κ2) is 7.61. The van der Waals surface area contributed by atoms with Crippen LogP contribution in [0.15, 0.2) is 29.2 Å². The second-order valence-corrected chi connectivity index (χ2v) is 6.90. The quantitative estimate of drug-likeness (QED) is 0.684. The Hall–Kier alpha value is -1.11. The van der Waals surface area contributed by atoms with Crippen molar-refractivity contribution in [3.05, 3.63) is 24.3 Å². The number of anilines is 1. The highest BCUT2D eigenvalue weighted by Crippen LogP contribution is 2.14. The van der Waals surface area contributed by atoms with Gasteiger partial charge >= 0.3 is 0 Å². The van der Waals surface area contributed by atoms with Crippen LogP contribution in [0.3, 0.4) is 0 Å².